The fourth-order valence-electron chi connectivity index (χ4n) is 1.96. The smallest absolute Gasteiger partial charge is 0.392 e. The van der Waals surface area contributed by atoms with Crippen molar-refractivity contribution >= 4 is 10.0 Å². The van der Waals surface area contributed by atoms with Gasteiger partial charge in [0.05, 0.1) is 16.6 Å². The molecule has 1 aliphatic rings. The highest BCUT2D eigenvalue weighted by molar-refractivity contribution is 7.89. The highest BCUT2D eigenvalue weighted by atomic mass is 32.2. The Labute approximate surface area is 112 Å². The minimum absolute atomic E-state index is 0.0161. The molecule has 1 aliphatic heterocycles. The first-order valence-electron chi connectivity index (χ1n) is 5.67. The van der Waals surface area contributed by atoms with Crippen molar-refractivity contribution in [3.8, 4) is 0 Å². The summed E-state index contributed by atoms with van der Waals surface area (Å²) in [6.45, 7) is -0.163. The number of benzene rings is 1. The molecule has 0 saturated carbocycles. The molecule has 1 heterocycles. The normalized spacial score (nSPS) is 21.4. The van der Waals surface area contributed by atoms with Crippen molar-refractivity contribution in [1.29, 1.82) is 0 Å². The van der Waals surface area contributed by atoms with Gasteiger partial charge in [0.15, 0.2) is 0 Å². The molecule has 1 saturated heterocycles. The van der Waals surface area contributed by atoms with Gasteiger partial charge in [-0.05, 0) is 24.6 Å². The molecular weight excluding hydrogens is 302 g/mol. The van der Waals surface area contributed by atoms with E-state index in [1.54, 1.807) is 0 Å². The minimum Gasteiger partial charge on any atom is -0.392 e. The lowest BCUT2D eigenvalue weighted by Gasteiger charge is -2.17. The molecular formula is C11H11F4NO3S. The molecule has 1 aromatic rings. The zero-order valence-electron chi connectivity index (χ0n) is 10.1. The van der Waals surface area contributed by atoms with Crippen molar-refractivity contribution in [2.75, 3.05) is 13.1 Å². The van der Waals surface area contributed by atoms with Crippen molar-refractivity contribution in [2.24, 2.45) is 0 Å². The van der Waals surface area contributed by atoms with E-state index in [2.05, 4.69) is 0 Å². The summed E-state index contributed by atoms with van der Waals surface area (Å²) < 4.78 is 75.9. The summed E-state index contributed by atoms with van der Waals surface area (Å²) in [7, 11) is -4.16. The standard InChI is InChI=1S/C11H11F4NO3S/c12-10-2-1-8(5-9(10)11(13,14)15)20(18,19)16-4-3-7(17)6-16/h1-2,5,7,17H,3-4,6H2/t7-/m0/s1. The molecule has 0 unspecified atom stereocenters. The highest BCUT2D eigenvalue weighted by Crippen LogP contribution is 2.33. The number of β-amino-alcohol motifs (C(OH)–C–C–N with tert-alkyl or cyclic N) is 1. The van der Waals surface area contributed by atoms with Crippen LogP contribution in [-0.4, -0.2) is 37.0 Å². The van der Waals surface area contributed by atoms with Gasteiger partial charge in [-0.15, -0.1) is 0 Å². The van der Waals surface area contributed by atoms with E-state index in [0.717, 1.165) is 10.4 Å². The lowest BCUT2D eigenvalue weighted by atomic mass is 10.2. The summed E-state index contributed by atoms with van der Waals surface area (Å²) in [5, 5.41) is 9.29. The van der Waals surface area contributed by atoms with Crippen LogP contribution >= 0.6 is 0 Å². The van der Waals surface area contributed by atoms with Crippen LogP contribution in [0, 0.1) is 5.82 Å². The quantitative estimate of drug-likeness (QED) is 0.844. The summed E-state index contributed by atoms with van der Waals surface area (Å²) in [4.78, 5) is -0.639. The molecule has 0 aromatic heterocycles. The van der Waals surface area contributed by atoms with E-state index < -0.39 is 38.6 Å². The van der Waals surface area contributed by atoms with Crippen LogP contribution in [0.3, 0.4) is 0 Å². The minimum atomic E-state index is -4.97. The van der Waals surface area contributed by atoms with Gasteiger partial charge in [0, 0.05) is 13.1 Å². The first-order chi connectivity index (χ1) is 9.12. The number of rotatable bonds is 2. The van der Waals surface area contributed by atoms with E-state index in [0.29, 0.717) is 6.07 Å². The number of halogens is 4. The predicted octanol–water partition coefficient (Wildman–Crippen LogP) is 1.60. The summed E-state index contributed by atoms with van der Waals surface area (Å²) in [6, 6.07) is 1.53. The van der Waals surface area contributed by atoms with Crippen molar-refractivity contribution in [1.82, 2.24) is 4.31 Å². The Morgan fingerprint density at radius 1 is 1.30 bits per heavy atom. The van der Waals surface area contributed by atoms with E-state index in [1.807, 2.05) is 0 Å². The number of aliphatic hydroxyl groups is 1. The topological polar surface area (TPSA) is 57.6 Å². The summed E-state index contributed by atoms with van der Waals surface area (Å²) in [6.07, 6.45) is -5.60. The number of hydrogen-bond donors (Lipinski definition) is 1. The van der Waals surface area contributed by atoms with Crippen LogP contribution < -0.4 is 0 Å². The second-order valence-electron chi connectivity index (χ2n) is 4.44. The van der Waals surface area contributed by atoms with Gasteiger partial charge < -0.3 is 5.11 Å². The lowest BCUT2D eigenvalue weighted by molar-refractivity contribution is -0.140. The maximum atomic E-state index is 13.1. The Kier molecular flexibility index (Phi) is 3.78. The summed E-state index contributed by atoms with van der Waals surface area (Å²) >= 11 is 0. The molecule has 112 valence electrons. The maximum absolute atomic E-state index is 13.1. The van der Waals surface area contributed by atoms with Crippen molar-refractivity contribution < 1.29 is 31.1 Å². The summed E-state index contributed by atoms with van der Waals surface area (Å²) in [5.41, 5.74) is -1.63. The Morgan fingerprint density at radius 3 is 2.45 bits per heavy atom. The third-order valence-electron chi connectivity index (χ3n) is 3.01. The largest absolute Gasteiger partial charge is 0.419 e. The van der Waals surface area contributed by atoms with Crippen LogP contribution in [0.25, 0.3) is 0 Å². The molecule has 1 N–H and O–H groups in total. The van der Waals surface area contributed by atoms with Crippen molar-refractivity contribution in [3.05, 3.63) is 29.6 Å². The Morgan fingerprint density at radius 2 is 1.95 bits per heavy atom. The molecule has 0 amide bonds. The summed E-state index contributed by atoms with van der Waals surface area (Å²) in [5.74, 6) is -1.53. The Hall–Kier alpha value is -1.19. The van der Waals surface area contributed by atoms with Crippen LogP contribution in [0.4, 0.5) is 17.6 Å². The van der Waals surface area contributed by atoms with Gasteiger partial charge in [0.25, 0.3) is 0 Å². The van der Waals surface area contributed by atoms with Crippen molar-refractivity contribution in [3.63, 3.8) is 0 Å². The third-order valence-corrected chi connectivity index (χ3v) is 4.87. The average Bonchev–Trinajstić information content (AvgIpc) is 2.75. The number of nitrogens with zero attached hydrogens (tertiary/aromatic N) is 1. The lowest BCUT2D eigenvalue weighted by Crippen LogP contribution is -2.30. The molecule has 1 fully saturated rings. The van der Waals surface area contributed by atoms with Crippen LogP contribution in [0.15, 0.2) is 23.1 Å². The number of hydrogen-bond acceptors (Lipinski definition) is 3. The van der Waals surface area contributed by atoms with Gasteiger partial charge in [-0.25, -0.2) is 12.8 Å². The molecule has 0 spiro atoms. The number of sulfonamides is 1. The molecule has 4 nitrogen and oxygen atoms in total. The van der Waals surface area contributed by atoms with Gasteiger partial charge >= 0.3 is 6.18 Å². The monoisotopic (exact) mass is 313 g/mol. The van der Waals surface area contributed by atoms with Gasteiger partial charge in [0.1, 0.15) is 5.82 Å². The van der Waals surface area contributed by atoms with E-state index in [-0.39, 0.29) is 25.6 Å². The molecule has 0 radical (unpaired) electrons. The predicted molar refractivity (Wildman–Crippen MR) is 60.8 cm³/mol. The molecule has 9 heteroatoms. The maximum Gasteiger partial charge on any atom is 0.419 e. The fraction of sp³-hybridized carbons (Fsp3) is 0.455. The number of aliphatic hydroxyl groups excluding tert-OH is 1. The van der Waals surface area contributed by atoms with Gasteiger partial charge in [-0.3, -0.25) is 0 Å². The van der Waals surface area contributed by atoms with E-state index in [1.165, 1.54) is 0 Å². The fourth-order valence-corrected chi connectivity index (χ4v) is 3.48. The molecule has 2 rings (SSSR count). The molecule has 1 atom stereocenters. The zero-order chi connectivity index (χ0) is 15.1. The highest BCUT2D eigenvalue weighted by Gasteiger charge is 2.37. The molecule has 1 aromatic carbocycles. The molecule has 20 heavy (non-hydrogen) atoms. The second-order valence-corrected chi connectivity index (χ2v) is 6.38. The average molecular weight is 313 g/mol. The first-order valence-corrected chi connectivity index (χ1v) is 7.11. The van der Waals surface area contributed by atoms with Crippen molar-refractivity contribution in [2.45, 2.75) is 23.6 Å². The zero-order valence-corrected chi connectivity index (χ0v) is 10.9. The van der Waals surface area contributed by atoms with Gasteiger partial charge in [-0.2, -0.15) is 17.5 Å². The number of alkyl halides is 3. The Balaban J connectivity index is 2.43. The third kappa shape index (κ3) is 2.79. The van der Waals surface area contributed by atoms with Crippen LogP contribution in [0.5, 0.6) is 0 Å². The molecule has 0 aliphatic carbocycles. The van der Waals surface area contributed by atoms with Gasteiger partial charge in [0.2, 0.25) is 10.0 Å². The van der Waals surface area contributed by atoms with E-state index >= 15 is 0 Å². The van der Waals surface area contributed by atoms with E-state index in [9.17, 15) is 31.1 Å². The Bertz CT molecular complexity index is 615. The van der Waals surface area contributed by atoms with E-state index in [4.69, 9.17) is 0 Å². The van der Waals surface area contributed by atoms with Crippen LogP contribution in [-0.2, 0) is 16.2 Å². The first kappa shape index (κ1) is 15.2. The van der Waals surface area contributed by atoms with Crippen LogP contribution in [0.1, 0.15) is 12.0 Å². The SMILES string of the molecule is O=S(=O)(c1ccc(F)c(C(F)(F)F)c1)N1CC[C@H](O)C1. The molecule has 0 bridgehead atoms. The second kappa shape index (κ2) is 4.97. The van der Waals surface area contributed by atoms with Gasteiger partial charge in [-0.1, -0.05) is 0 Å². The van der Waals surface area contributed by atoms with Crippen LogP contribution in [0.2, 0.25) is 0 Å².